The first kappa shape index (κ1) is 22.8. The Hall–Kier alpha value is -2.95. The third kappa shape index (κ3) is 4.40. The summed E-state index contributed by atoms with van der Waals surface area (Å²) >= 11 is 0. The second-order valence-electron chi connectivity index (χ2n) is 8.87. The molecule has 34 heavy (non-hydrogen) atoms. The van der Waals surface area contributed by atoms with E-state index in [9.17, 15) is 21.6 Å². The fourth-order valence-corrected chi connectivity index (χ4v) is 7.69. The van der Waals surface area contributed by atoms with Crippen LogP contribution in [0.5, 0.6) is 0 Å². The van der Waals surface area contributed by atoms with Crippen molar-refractivity contribution in [1.82, 2.24) is 8.87 Å². The number of benzene rings is 2. The average molecular weight is 500 g/mol. The zero-order valence-electron chi connectivity index (χ0n) is 18.4. The quantitative estimate of drug-likeness (QED) is 0.561. The Labute approximate surface area is 199 Å². The van der Waals surface area contributed by atoms with E-state index in [1.807, 2.05) is 6.07 Å². The van der Waals surface area contributed by atoms with Gasteiger partial charge in [-0.05, 0) is 42.2 Å². The van der Waals surface area contributed by atoms with E-state index in [4.69, 9.17) is 0 Å². The molecule has 10 heteroatoms. The first-order chi connectivity index (χ1) is 16.2. The minimum Gasteiger partial charge on any atom is -0.310 e. The van der Waals surface area contributed by atoms with E-state index >= 15 is 0 Å². The Balaban J connectivity index is 1.40. The van der Waals surface area contributed by atoms with E-state index in [-0.39, 0.29) is 34.7 Å². The number of anilines is 1. The molecular formula is C24H25N3O5S2. The fourth-order valence-electron chi connectivity index (χ4n) is 4.91. The van der Waals surface area contributed by atoms with Crippen molar-refractivity contribution >= 4 is 25.7 Å². The molecule has 2 atom stereocenters. The molecule has 1 fully saturated rings. The van der Waals surface area contributed by atoms with Gasteiger partial charge in [0.15, 0.2) is 0 Å². The van der Waals surface area contributed by atoms with E-state index < -0.39 is 25.6 Å². The highest BCUT2D eigenvalue weighted by atomic mass is 32.2. The predicted molar refractivity (Wildman–Crippen MR) is 129 cm³/mol. The lowest BCUT2D eigenvalue weighted by atomic mass is 9.84. The smallest absolute Gasteiger partial charge is 0.275 e. The molecule has 2 aliphatic heterocycles. The van der Waals surface area contributed by atoms with Gasteiger partial charge < -0.3 is 4.57 Å². The Morgan fingerprint density at radius 2 is 1.50 bits per heavy atom. The van der Waals surface area contributed by atoms with Crippen LogP contribution in [0.25, 0.3) is 0 Å². The van der Waals surface area contributed by atoms with Crippen LogP contribution < -0.4 is 10.3 Å². The number of aromatic nitrogens is 1. The second-order valence-corrected chi connectivity index (χ2v) is 12.5. The van der Waals surface area contributed by atoms with Crippen LogP contribution in [-0.4, -0.2) is 38.8 Å². The number of hydrogen-bond donors (Lipinski definition) is 1. The minimum absolute atomic E-state index is 0.00779. The Morgan fingerprint density at radius 3 is 2.21 bits per heavy atom. The van der Waals surface area contributed by atoms with Gasteiger partial charge in [-0.1, -0.05) is 48.5 Å². The molecule has 2 bridgehead atoms. The van der Waals surface area contributed by atoms with Gasteiger partial charge in [-0.3, -0.25) is 9.52 Å². The molecule has 1 saturated heterocycles. The molecule has 3 aromatic rings. The first-order valence-corrected chi connectivity index (χ1v) is 14.2. The van der Waals surface area contributed by atoms with Crippen LogP contribution in [0.4, 0.5) is 5.69 Å². The molecule has 5 rings (SSSR count). The van der Waals surface area contributed by atoms with E-state index in [0.29, 0.717) is 18.7 Å². The van der Waals surface area contributed by atoms with E-state index in [0.717, 1.165) is 12.1 Å². The Kier molecular flexibility index (Phi) is 5.83. The number of pyridine rings is 1. The summed E-state index contributed by atoms with van der Waals surface area (Å²) in [5, 5.41) is 0. The molecule has 2 aromatic carbocycles. The second kappa shape index (κ2) is 8.68. The molecule has 0 amide bonds. The van der Waals surface area contributed by atoms with Crippen LogP contribution >= 0.6 is 0 Å². The molecule has 2 unspecified atom stereocenters. The lowest BCUT2D eigenvalue weighted by molar-refractivity contribution is 0.186. The maximum atomic E-state index is 13.2. The van der Waals surface area contributed by atoms with Crippen molar-refractivity contribution in [2.45, 2.75) is 29.5 Å². The molecule has 0 aliphatic carbocycles. The highest BCUT2D eigenvalue weighted by molar-refractivity contribution is 7.91. The van der Waals surface area contributed by atoms with Gasteiger partial charge >= 0.3 is 0 Å². The normalized spacial score (nSPS) is 20.5. The van der Waals surface area contributed by atoms with Crippen molar-refractivity contribution < 1.29 is 16.8 Å². The summed E-state index contributed by atoms with van der Waals surface area (Å²) in [5.41, 5.74) is 0.971. The summed E-state index contributed by atoms with van der Waals surface area (Å²) < 4.78 is 57.1. The summed E-state index contributed by atoms with van der Waals surface area (Å²) in [6.07, 6.45) is 0.791. The monoisotopic (exact) mass is 499 g/mol. The van der Waals surface area contributed by atoms with Crippen LogP contribution in [0.2, 0.25) is 0 Å². The summed E-state index contributed by atoms with van der Waals surface area (Å²) in [5.74, 6) is -0.390. The highest BCUT2D eigenvalue weighted by Crippen LogP contribution is 2.37. The topological polar surface area (TPSA) is 106 Å². The standard InChI is InChI=1S/C24H25N3O5S2/c28-24-22(25-33(29,30)17-18-7-3-1-4-8-18)11-12-23-20-13-19(15-27(23)24)14-26(16-20)34(31,32)21-9-5-2-6-10-21/h1-12,19-20,25H,13-17H2. The van der Waals surface area contributed by atoms with Crippen LogP contribution in [0, 0.1) is 5.92 Å². The van der Waals surface area contributed by atoms with Crippen LogP contribution in [0.1, 0.15) is 23.6 Å². The molecule has 178 valence electrons. The van der Waals surface area contributed by atoms with Crippen LogP contribution in [0.3, 0.4) is 0 Å². The molecule has 8 nitrogen and oxygen atoms in total. The number of hydrogen-bond acceptors (Lipinski definition) is 5. The Morgan fingerprint density at radius 1 is 0.824 bits per heavy atom. The number of nitrogens with zero attached hydrogens (tertiary/aromatic N) is 2. The summed E-state index contributed by atoms with van der Waals surface area (Å²) in [7, 11) is -7.39. The number of piperidine rings is 1. The zero-order chi connectivity index (χ0) is 23.9. The maximum Gasteiger partial charge on any atom is 0.275 e. The largest absolute Gasteiger partial charge is 0.310 e. The first-order valence-electron chi connectivity index (χ1n) is 11.1. The molecule has 1 aromatic heterocycles. The van der Waals surface area contributed by atoms with Crippen LogP contribution in [0.15, 0.2) is 82.5 Å². The number of nitrogens with one attached hydrogen (secondary N) is 1. The fraction of sp³-hybridized carbons (Fsp3) is 0.292. The molecule has 0 radical (unpaired) electrons. The third-order valence-electron chi connectivity index (χ3n) is 6.42. The number of fused-ring (bicyclic) bond motifs is 4. The Bertz CT molecular complexity index is 1470. The number of rotatable bonds is 6. The molecule has 2 aliphatic rings. The van der Waals surface area contributed by atoms with Gasteiger partial charge in [0.1, 0.15) is 5.69 Å². The summed E-state index contributed by atoms with van der Waals surface area (Å²) in [6.45, 7) is 0.954. The molecule has 3 heterocycles. The molecule has 0 spiro atoms. The summed E-state index contributed by atoms with van der Waals surface area (Å²) in [4.78, 5) is 13.4. The predicted octanol–water partition coefficient (Wildman–Crippen LogP) is 2.60. The zero-order valence-corrected chi connectivity index (χ0v) is 20.0. The van der Waals surface area contributed by atoms with Gasteiger partial charge in [0.2, 0.25) is 20.0 Å². The van der Waals surface area contributed by atoms with Crippen molar-refractivity contribution in [3.05, 3.63) is 94.4 Å². The van der Waals surface area contributed by atoms with Gasteiger partial charge in [0.25, 0.3) is 5.56 Å². The van der Waals surface area contributed by atoms with E-state index in [2.05, 4.69) is 4.72 Å². The van der Waals surface area contributed by atoms with E-state index in [1.165, 1.54) is 10.4 Å². The molecule has 1 N–H and O–H groups in total. The van der Waals surface area contributed by atoms with Crippen LogP contribution in [-0.2, 0) is 32.3 Å². The van der Waals surface area contributed by atoms with Gasteiger partial charge in [-0.15, -0.1) is 0 Å². The van der Waals surface area contributed by atoms with E-state index in [1.54, 1.807) is 65.2 Å². The number of sulfonamides is 2. The van der Waals surface area contributed by atoms with Crippen molar-refractivity contribution in [2.24, 2.45) is 5.92 Å². The molecular weight excluding hydrogens is 474 g/mol. The lowest BCUT2D eigenvalue weighted by Crippen LogP contribution is -2.49. The van der Waals surface area contributed by atoms with Gasteiger partial charge in [0.05, 0.1) is 10.6 Å². The van der Waals surface area contributed by atoms with Crippen molar-refractivity contribution in [3.8, 4) is 0 Å². The highest BCUT2D eigenvalue weighted by Gasteiger charge is 2.39. The maximum absolute atomic E-state index is 13.2. The van der Waals surface area contributed by atoms with Gasteiger partial charge in [-0.2, -0.15) is 4.31 Å². The average Bonchev–Trinajstić information content (AvgIpc) is 2.82. The van der Waals surface area contributed by atoms with Crippen molar-refractivity contribution in [1.29, 1.82) is 0 Å². The molecule has 0 saturated carbocycles. The minimum atomic E-state index is -3.76. The third-order valence-corrected chi connectivity index (χ3v) is 9.51. The SMILES string of the molecule is O=c1c(NS(=O)(=O)Cc2ccccc2)ccc2n1CC1CC2CN(S(=O)(=O)c2ccccc2)C1. The van der Waals surface area contributed by atoms with Crippen molar-refractivity contribution in [3.63, 3.8) is 0 Å². The van der Waals surface area contributed by atoms with Gasteiger partial charge in [0, 0.05) is 31.2 Å². The summed E-state index contributed by atoms with van der Waals surface area (Å²) in [6, 6.07) is 20.4. The lowest BCUT2D eigenvalue weighted by Gasteiger charge is -2.42. The van der Waals surface area contributed by atoms with Gasteiger partial charge in [-0.25, -0.2) is 16.8 Å². The van der Waals surface area contributed by atoms with Crippen molar-refractivity contribution in [2.75, 3.05) is 17.8 Å².